The van der Waals surface area contributed by atoms with Crippen molar-refractivity contribution in [3.8, 4) is 34.1 Å². The van der Waals surface area contributed by atoms with E-state index in [1.54, 1.807) is 0 Å². The Balaban J connectivity index is 0.00000386. The van der Waals surface area contributed by atoms with Crippen LogP contribution in [0.2, 0.25) is 0 Å². The van der Waals surface area contributed by atoms with E-state index in [9.17, 15) is 0 Å². The van der Waals surface area contributed by atoms with Gasteiger partial charge in [0.1, 0.15) is 5.82 Å². The molecule has 0 unspecified atom stereocenters. The van der Waals surface area contributed by atoms with Crippen LogP contribution in [0.15, 0.2) is 85.1 Å². The summed E-state index contributed by atoms with van der Waals surface area (Å²) < 4.78 is 10.8. The molecule has 7 aromatic rings. The van der Waals surface area contributed by atoms with Gasteiger partial charge in [-0.3, -0.25) is 4.68 Å². The van der Waals surface area contributed by atoms with Crippen LogP contribution < -0.4 is 4.74 Å². The zero-order valence-electron chi connectivity index (χ0n) is 27.9. The van der Waals surface area contributed by atoms with Crippen LogP contribution in [0.4, 0.5) is 0 Å². The van der Waals surface area contributed by atoms with Crippen molar-refractivity contribution in [1.29, 1.82) is 0 Å². The maximum Gasteiger partial charge on any atom is 2.00 e. The summed E-state index contributed by atoms with van der Waals surface area (Å²) in [5.41, 5.74) is 12.3. The van der Waals surface area contributed by atoms with Crippen LogP contribution in [0, 0.1) is 39.8 Å². The fraction of sp³-hybridized carbons (Fsp3) is 0.220. The first-order chi connectivity index (χ1) is 22.2. The Hall–Kier alpha value is -4.47. The van der Waals surface area contributed by atoms with Gasteiger partial charge in [-0.25, -0.2) is 4.98 Å². The van der Waals surface area contributed by atoms with Crippen molar-refractivity contribution in [2.24, 2.45) is 0 Å². The smallest absolute Gasteiger partial charge is 0.509 e. The van der Waals surface area contributed by atoms with E-state index < -0.39 is 0 Å². The minimum Gasteiger partial charge on any atom is -0.509 e. The fourth-order valence-corrected chi connectivity index (χ4v) is 6.59. The van der Waals surface area contributed by atoms with Crippen LogP contribution in [0.1, 0.15) is 60.3 Å². The number of benzene rings is 4. The third kappa shape index (κ3) is 5.83. The molecule has 0 aliphatic carbocycles. The third-order valence-electron chi connectivity index (χ3n) is 8.99. The average Bonchev–Trinajstić information content (AvgIpc) is 3.53. The Labute approximate surface area is 291 Å². The molecule has 0 atom stereocenters. The Morgan fingerprint density at radius 1 is 0.787 bits per heavy atom. The Bertz CT molecular complexity index is 2240. The van der Waals surface area contributed by atoms with Crippen molar-refractivity contribution >= 4 is 21.8 Å². The molecule has 3 heterocycles. The summed E-state index contributed by atoms with van der Waals surface area (Å²) in [5, 5.41) is 7.29. The number of rotatable bonds is 7. The molecule has 0 fully saturated rings. The van der Waals surface area contributed by atoms with Gasteiger partial charge in [0.15, 0.2) is 0 Å². The maximum atomic E-state index is 6.59. The van der Waals surface area contributed by atoms with Crippen LogP contribution in [-0.2, 0) is 27.5 Å². The number of ether oxygens (including phenoxy) is 1. The molecule has 6 heteroatoms. The number of fused-ring (bicyclic) bond motifs is 3. The van der Waals surface area contributed by atoms with Gasteiger partial charge in [-0.1, -0.05) is 62.7 Å². The molecule has 0 spiro atoms. The number of para-hydroxylation sites is 1. The molecule has 238 valence electrons. The summed E-state index contributed by atoms with van der Waals surface area (Å²) in [4.78, 5) is 4.76. The SMILES string of the molecule is CCc1ccnc(-n2c3[c-]c(Oc4[c-]c(-n5nc(C)c(-c6c(C)cccc6C)c5C)cc(C(C)C)c4)ccc3c3ccccc32)c1.[Pt+2]. The van der Waals surface area contributed by atoms with Crippen molar-refractivity contribution in [3.63, 3.8) is 0 Å². The minimum absolute atomic E-state index is 0. The molecule has 5 nitrogen and oxygen atoms in total. The summed E-state index contributed by atoms with van der Waals surface area (Å²) >= 11 is 0. The Morgan fingerprint density at radius 2 is 1.55 bits per heavy atom. The van der Waals surface area contributed by atoms with Crippen LogP contribution in [0.5, 0.6) is 11.5 Å². The van der Waals surface area contributed by atoms with Crippen LogP contribution in [-0.4, -0.2) is 19.3 Å². The average molecular weight is 798 g/mol. The summed E-state index contributed by atoms with van der Waals surface area (Å²) in [7, 11) is 0. The van der Waals surface area contributed by atoms with Gasteiger partial charge in [0.25, 0.3) is 0 Å². The number of aryl methyl sites for hydroxylation is 4. The molecule has 7 rings (SSSR count). The van der Waals surface area contributed by atoms with Crippen molar-refractivity contribution < 1.29 is 25.8 Å². The van der Waals surface area contributed by atoms with E-state index in [0.717, 1.165) is 56.7 Å². The number of hydrogen-bond acceptors (Lipinski definition) is 3. The molecule has 0 radical (unpaired) electrons. The Kier molecular flexibility index (Phi) is 8.96. The van der Waals surface area contributed by atoms with Gasteiger partial charge in [-0.05, 0) is 91.6 Å². The summed E-state index contributed by atoms with van der Waals surface area (Å²) in [6, 6.07) is 34.6. The van der Waals surface area contributed by atoms with Crippen molar-refractivity contribution in [2.45, 2.75) is 60.8 Å². The molecule has 0 saturated carbocycles. The monoisotopic (exact) mass is 797 g/mol. The summed E-state index contributed by atoms with van der Waals surface area (Å²) in [6.45, 7) is 15.1. The molecular formula is C41H38N4OPt. The molecule has 0 saturated heterocycles. The van der Waals surface area contributed by atoms with Crippen LogP contribution in [0.3, 0.4) is 0 Å². The molecule has 0 bridgehead atoms. The number of pyridine rings is 1. The van der Waals surface area contributed by atoms with Crippen molar-refractivity contribution in [3.05, 3.63) is 131 Å². The van der Waals surface area contributed by atoms with Gasteiger partial charge >= 0.3 is 21.1 Å². The summed E-state index contributed by atoms with van der Waals surface area (Å²) in [5.74, 6) is 2.41. The molecule has 47 heavy (non-hydrogen) atoms. The maximum absolute atomic E-state index is 6.59. The predicted octanol–water partition coefficient (Wildman–Crippen LogP) is 10.3. The van der Waals surface area contributed by atoms with Gasteiger partial charge < -0.3 is 9.30 Å². The van der Waals surface area contributed by atoms with E-state index in [2.05, 4.69) is 138 Å². The van der Waals surface area contributed by atoms with Crippen LogP contribution in [0.25, 0.3) is 44.4 Å². The molecule has 3 aromatic heterocycles. The van der Waals surface area contributed by atoms with E-state index >= 15 is 0 Å². The van der Waals surface area contributed by atoms with Gasteiger partial charge in [0.05, 0.1) is 5.69 Å². The van der Waals surface area contributed by atoms with Crippen LogP contribution >= 0.6 is 0 Å². The number of hydrogen-bond donors (Lipinski definition) is 0. The quantitative estimate of drug-likeness (QED) is 0.151. The van der Waals surface area contributed by atoms with Crippen molar-refractivity contribution in [1.82, 2.24) is 19.3 Å². The largest absolute Gasteiger partial charge is 2.00 e. The van der Waals surface area contributed by atoms with E-state index in [4.69, 9.17) is 14.8 Å². The molecule has 0 amide bonds. The number of nitrogens with zero attached hydrogens (tertiary/aromatic N) is 4. The first kappa shape index (κ1) is 32.5. The van der Waals surface area contributed by atoms with E-state index in [1.165, 1.54) is 27.8 Å². The molecule has 0 aliphatic rings. The zero-order chi connectivity index (χ0) is 32.1. The molecule has 0 aliphatic heterocycles. The Morgan fingerprint density at radius 3 is 2.30 bits per heavy atom. The second-order valence-corrected chi connectivity index (χ2v) is 12.5. The standard InChI is InChI=1S/C41H38N4O.Pt/c1-8-30-18-19-42-39(20-30)44-37-15-10-9-14-35(37)36-17-16-33(24-38(36)44)46-34-22-31(25(2)3)21-32(23-34)45-29(7)41(28(6)43-45)40-26(4)12-11-13-27(40)5;/h9-22,25H,8H2,1-7H3;/q-2;+2. The topological polar surface area (TPSA) is 44.9 Å². The minimum atomic E-state index is 0. The first-order valence-electron chi connectivity index (χ1n) is 16.0. The molecule has 0 N–H and O–H groups in total. The zero-order valence-corrected chi connectivity index (χ0v) is 30.2. The molecular weight excluding hydrogens is 760 g/mol. The number of aromatic nitrogens is 4. The van der Waals surface area contributed by atoms with Gasteiger partial charge in [0, 0.05) is 34.5 Å². The fourth-order valence-electron chi connectivity index (χ4n) is 6.59. The van der Waals surface area contributed by atoms with Gasteiger partial charge in [-0.2, -0.15) is 11.2 Å². The summed E-state index contributed by atoms with van der Waals surface area (Å²) in [6.07, 6.45) is 2.82. The van der Waals surface area contributed by atoms with Gasteiger partial charge in [0.2, 0.25) is 0 Å². The predicted molar refractivity (Wildman–Crippen MR) is 188 cm³/mol. The second-order valence-electron chi connectivity index (χ2n) is 12.5. The van der Waals surface area contributed by atoms with E-state index in [0.29, 0.717) is 11.5 Å². The third-order valence-corrected chi connectivity index (χ3v) is 8.99. The van der Waals surface area contributed by atoms with Crippen molar-refractivity contribution in [2.75, 3.05) is 0 Å². The second kappa shape index (κ2) is 13.0. The molecule has 4 aromatic carbocycles. The van der Waals surface area contributed by atoms with E-state index in [1.807, 2.05) is 16.9 Å². The first-order valence-corrected chi connectivity index (χ1v) is 16.0. The van der Waals surface area contributed by atoms with E-state index in [-0.39, 0.29) is 27.0 Å². The van der Waals surface area contributed by atoms with Gasteiger partial charge in [-0.15, -0.1) is 41.3 Å². The normalized spacial score (nSPS) is 11.4.